The number of rotatable bonds is 9. The number of nitrogens with one attached hydrogen (secondary N) is 1. The molecule has 29 heavy (non-hydrogen) atoms. The summed E-state index contributed by atoms with van der Waals surface area (Å²) in [5, 5.41) is 20.9. The summed E-state index contributed by atoms with van der Waals surface area (Å²) < 4.78 is 0. The van der Waals surface area contributed by atoms with E-state index in [0.717, 1.165) is 15.8 Å². The SMILES string of the molecule is CC(C)CCN(C(=O)O)C(=O)N(CC(=O)C[N+](=O)[O-])Cc1c[nH]c2ccccc12. The lowest BCUT2D eigenvalue weighted by atomic mass is 10.1. The molecule has 2 N–H and O–H groups in total. The van der Waals surface area contributed by atoms with Gasteiger partial charge in [0.05, 0.1) is 13.1 Å². The summed E-state index contributed by atoms with van der Waals surface area (Å²) in [5.41, 5.74) is 1.50. The van der Waals surface area contributed by atoms with Crippen molar-refractivity contribution in [2.24, 2.45) is 5.92 Å². The van der Waals surface area contributed by atoms with Crippen molar-refractivity contribution in [3.8, 4) is 0 Å². The molecule has 2 aromatic rings. The number of Topliss-reactive ketones (excluding diaryl/α,β-unsaturated/α-hetero) is 1. The number of hydrogen-bond donors (Lipinski definition) is 2. The lowest BCUT2D eigenvalue weighted by Gasteiger charge is -2.27. The number of fused-ring (bicyclic) bond motifs is 1. The number of hydrogen-bond acceptors (Lipinski definition) is 5. The van der Waals surface area contributed by atoms with Crippen LogP contribution in [-0.2, 0) is 11.3 Å². The number of nitro groups is 1. The number of carboxylic acid groups (broad SMARTS) is 1. The highest BCUT2D eigenvalue weighted by Gasteiger charge is 2.29. The molecule has 10 nitrogen and oxygen atoms in total. The van der Waals surface area contributed by atoms with Gasteiger partial charge in [-0.15, -0.1) is 0 Å². The van der Waals surface area contributed by atoms with E-state index in [9.17, 15) is 29.6 Å². The molecule has 1 aromatic heterocycles. The Labute approximate surface area is 167 Å². The molecule has 0 fully saturated rings. The first kappa shape index (κ1) is 21.9. The molecule has 0 spiro atoms. The maximum Gasteiger partial charge on any atom is 0.415 e. The van der Waals surface area contributed by atoms with Crippen LogP contribution in [0.5, 0.6) is 0 Å². The zero-order valence-corrected chi connectivity index (χ0v) is 16.3. The monoisotopic (exact) mass is 404 g/mol. The van der Waals surface area contributed by atoms with Gasteiger partial charge in [-0.05, 0) is 24.0 Å². The van der Waals surface area contributed by atoms with Crippen LogP contribution in [0.3, 0.4) is 0 Å². The van der Waals surface area contributed by atoms with Crippen LogP contribution < -0.4 is 0 Å². The number of nitrogens with zero attached hydrogens (tertiary/aromatic N) is 3. The fourth-order valence-corrected chi connectivity index (χ4v) is 2.90. The molecular weight excluding hydrogens is 380 g/mol. The number of imide groups is 1. The first-order valence-corrected chi connectivity index (χ1v) is 9.17. The topological polar surface area (TPSA) is 137 Å². The number of aromatic amines is 1. The van der Waals surface area contributed by atoms with Crippen LogP contribution in [-0.4, -0.2) is 62.4 Å². The average Bonchev–Trinajstić information content (AvgIpc) is 3.03. The molecule has 10 heteroatoms. The van der Waals surface area contributed by atoms with Gasteiger partial charge in [-0.3, -0.25) is 14.9 Å². The van der Waals surface area contributed by atoms with Crippen molar-refractivity contribution in [3.05, 3.63) is 46.1 Å². The second-order valence-electron chi connectivity index (χ2n) is 7.14. The Balaban J connectivity index is 2.29. The number of H-pyrrole nitrogens is 1. The fourth-order valence-electron chi connectivity index (χ4n) is 2.90. The molecule has 0 saturated heterocycles. The van der Waals surface area contributed by atoms with Crippen molar-refractivity contribution < 1.29 is 24.4 Å². The van der Waals surface area contributed by atoms with Crippen LogP contribution in [0.1, 0.15) is 25.8 Å². The molecule has 0 aliphatic heterocycles. The average molecular weight is 404 g/mol. The van der Waals surface area contributed by atoms with E-state index in [0.29, 0.717) is 16.9 Å². The summed E-state index contributed by atoms with van der Waals surface area (Å²) >= 11 is 0. The second kappa shape index (κ2) is 9.67. The minimum atomic E-state index is -1.43. The summed E-state index contributed by atoms with van der Waals surface area (Å²) in [5.74, 6) is -0.611. The Morgan fingerprint density at radius 3 is 2.55 bits per heavy atom. The molecule has 3 amide bonds. The predicted octanol–water partition coefficient (Wildman–Crippen LogP) is 2.96. The van der Waals surface area contributed by atoms with Gasteiger partial charge in [0.25, 0.3) is 6.54 Å². The van der Waals surface area contributed by atoms with E-state index in [2.05, 4.69) is 4.98 Å². The van der Waals surface area contributed by atoms with Gasteiger partial charge in [-0.25, -0.2) is 14.5 Å². The molecule has 0 atom stereocenters. The van der Waals surface area contributed by atoms with Crippen LogP contribution in [0.4, 0.5) is 9.59 Å². The van der Waals surface area contributed by atoms with Crippen molar-refractivity contribution in [3.63, 3.8) is 0 Å². The molecule has 1 heterocycles. The van der Waals surface area contributed by atoms with E-state index >= 15 is 0 Å². The highest BCUT2D eigenvalue weighted by molar-refractivity contribution is 5.93. The third-order valence-corrected chi connectivity index (χ3v) is 4.37. The molecule has 0 unspecified atom stereocenters. The quantitative estimate of drug-likeness (QED) is 0.487. The van der Waals surface area contributed by atoms with Gasteiger partial charge in [0.15, 0.2) is 0 Å². The van der Waals surface area contributed by atoms with Gasteiger partial charge < -0.3 is 15.0 Å². The van der Waals surface area contributed by atoms with Crippen LogP contribution in [0, 0.1) is 16.0 Å². The maximum atomic E-state index is 12.9. The van der Waals surface area contributed by atoms with E-state index < -0.39 is 35.9 Å². The van der Waals surface area contributed by atoms with E-state index in [-0.39, 0.29) is 19.0 Å². The van der Waals surface area contributed by atoms with E-state index in [4.69, 9.17) is 0 Å². The number of urea groups is 1. The van der Waals surface area contributed by atoms with Crippen LogP contribution >= 0.6 is 0 Å². The minimum Gasteiger partial charge on any atom is -0.465 e. The van der Waals surface area contributed by atoms with Gasteiger partial charge in [-0.1, -0.05) is 32.0 Å². The third-order valence-electron chi connectivity index (χ3n) is 4.37. The highest BCUT2D eigenvalue weighted by Crippen LogP contribution is 2.20. The van der Waals surface area contributed by atoms with Crippen LogP contribution in [0.15, 0.2) is 30.5 Å². The maximum absolute atomic E-state index is 12.9. The number of benzene rings is 1. The van der Waals surface area contributed by atoms with Gasteiger partial charge in [0, 0.05) is 28.6 Å². The summed E-state index contributed by atoms with van der Waals surface area (Å²) in [6.07, 6.45) is 0.700. The molecule has 0 radical (unpaired) electrons. The first-order chi connectivity index (χ1) is 13.7. The van der Waals surface area contributed by atoms with Gasteiger partial charge in [-0.2, -0.15) is 0 Å². The summed E-state index contributed by atoms with van der Waals surface area (Å²) in [6.45, 7) is 2.22. The minimum absolute atomic E-state index is 0.0281. The largest absolute Gasteiger partial charge is 0.465 e. The molecule has 0 saturated carbocycles. The van der Waals surface area contributed by atoms with E-state index in [1.54, 1.807) is 6.20 Å². The zero-order chi connectivity index (χ0) is 21.6. The Hall–Kier alpha value is -3.43. The van der Waals surface area contributed by atoms with Crippen molar-refractivity contribution in [1.29, 1.82) is 0 Å². The molecule has 0 bridgehead atoms. The number of carbonyl (C=O) groups excluding carboxylic acids is 2. The van der Waals surface area contributed by atoms with Crippen molar-refractivity contribution >= 4 is 28.8 Å². The Kier molecular flexibility index (Phi) is 7.29. The molecule has 0 aliphatic rings. The lowest BCUT2D eigenvalue weighted by molar-refractivity contribution is -0.467. The standard InChI is InChI=1S/C19H24N4O6/c1-13(2)7-8-22(19(26)27)18(25)21(11-15(24)12-23(28)29)10-14-9-20-17-6-4-3-5-16(14)17/h3-6,9,13,20H,7-8,10-12H2,1-2H3,(H,26,27). The molecule has 0 aliphatic carbocycles. The van der Waals surface area contributed by atoms with Crippen molar-refractivity contribution in [2.45, 2.75) is 26.8 Å². The Morgan fingerprint density at radius 1 is 1.24 bits per heavy atom. The first-order valence-electron chi connectivity index (χ1n) is 9.17. The number of ketones is 1. The molecular formula is C19H24N4O6. The van der Waals surface area contributed by atoms with E-state index in [1.165, 1.54) is 0 Å². The van der Waals surface area contributed by atoms with Gasteiger partial charge in [0.2, 0.25) is 5.78 Å². The highest BCUT2D eigenvalue weighted by atomic mass is 16.6. The second-order valence-corrected chi connectivity index (χ2v) is 7.14. The number of carbonyl (C=O) groups is 3. The molecule has 1 aromatic carbocycles. The summed E-state index contributed by atoms with van der Waals surface area (Å²) in [7, 11) is 0. The third kappa shape index (κ3) is 6.03. The number of aromatic nitrogens is 1. The number of para-hydroxylation sites is 1. The molecule has 156 valence electrons. The Morgan fingerprint density at radius 2 is 1.93 bits per heavy atom. The zero-order valence-electron chi connectivity index (χ0n) is 16.3. The Bertz CT molecular complexity index is 907. The lowest BCUT2D eigenvalue weighted by Crippen LogP contribution is -2.48. The van der Waals surface area contributed by atoms with E-state index in [1.807, 2.05) is 38.1 Å². The summed E-state index contributed by atoms with van der Waals surface area (Å²) in [6, 6.07) is 6.45. The van der Waals surface area contributed by atoms with Crippen molar-refractivity contribution in [1.82, 2.24) is 14.8 Å². The smallest absolute Gasteiger partial charge is 0.415 e. The fraction of sp³-hybridized carbons (Fsp3) is 0.421. The summed E-state index contributed by atoms with van der Waals surface area (Å²) in [4.78, 5) is 51.1. The van der Waals surface area contributed by atoms with Crippen molar-refractivity contribution in [2.75, 3.05) is 19.6 Å². The molecule has 2 rings (SSSR count). The predicted molar refractivity (Wildman–Crippen MR) is 105 cm³/mol. The van der Waals surface area contributed by atoms with Crippen LogP contribution in [0.25, 0.3) is 10.9 Å². The van der Waals surface area contributed by atoms with Gasteiger partial charge in [0.1, 0.15) is 0 Å². The normalized spacial score (nSPS) is 10.9. The van der Waals surface area contributed by atoms with Crippen LogP contribution in [0.2, 0.25) is 0 Å². The van der Waals surface area contributed by atoms with Gasteiger partial charge >= 0.3 is 12.1 Å². The number of amides is 3.